The Labute approximate surface area is 133 Å². The Bertz CT molecular complexity index is 764. The van der Waals surface area contributed by atoms with Crippen molar-refractivity contribution in [3.8, 4) is 11.5 Å². The molecule has 3 rings (SSSR count). The number of amides is 3. The maximum absolute atomic E-state index is 12.9. The van der Waals surface area contributed by atoms with E-state index < -0.39 is 18.2 Å². The number of furan rings is 1. The molecule has 0 saturated carbocycles. The third-order valence-electron chi connectivity index (χ3n) is 2.96. The lowest BCUT2D eigenvalue weighted by Crippen LogP contribution is -2.46. The summed E-state index contributed by atoms with van der Waals surface area (Å²) in [6.45, 7) is 0.133. The van der Waals surface area contributed by atoms with E-state index in [0.29, 0.717) is 5.76 Å². The van der Waals surface area contributed by atoms with Crippen molar-refractivity contribution in [1.82, 2.24) is 16.2 Å². The van der Waals surface area contributed by atoms with Gasteiger partial charge in [-0.3, -0.25) is 10.2 Å². The van der Waals surface area contributed by atoms with Crippen LogP contribution in [-0.2, 0) is 6.54 Å². The van der Waals surface area contributed by atoms with Crippen molar-refractivity contribution in [2.75, 3.05) is 0 Å². The molecule has 1 aromatic heterocycles. The van der Waals surface area contributed by atoms with E-state index in [1.54, 1.807) is 12.1 Å². The molecule has 0 unspecified atom stereocenters. The van der Waals surface area contributed by atoms with Crippen molar-refractivity contribution in [1.29, 1.82) is 0 Å². The van der Waals surface area contributed by atoms with Crippen LogP contribution in [0, 0.1) is 0 Å². The van der Waals surface area contributed by atoms with Crippen LogP contribution in [0.25, 0.3) is 0 Å². The number of alkyl halides is 2. The van der Waals surface area contributed by atoms with Gasteiger partial charge >= 0.3 is 12.3 Å². The second kappa shape index (κ2) is 6.07. The highest BCUT2D eigenvalue weighted by molar-refractivity contribution is 5.95. The summed E-state index contributed by atoms with van der Waals surface area (Å²) in [4.78, 5) is 23.4. The van der Waals surface area contributed by atoms with Gasteiger partial charge in [0.25, 0.3) is 5.91 Å². The Morgan fingerprint density at radius 1 is 1.08 bits per heavy atom. The molecular weight excluding hydrogens is 328 g/mol. The lowest BCUT2D eigenvalue weighted by molar-refractivity contribution is -0.286. The molecule has 0 radical (unpaired) electrons. The smallest absolute Gasteiger partial charge is 0.467 e. The van der Waals surface area contributed by atoms with Crippen molar-refractivity contribution >= 4 is 11.9 Å². The predicted octanol–water partition coefficient (Wildman–Crippen LogP) is 1.75. The fraction of sp³-hybridized carbons (Fsp3) is 0.143. The van der Waals surface area contributed by atoms with Crippen LogP contribution in [-0.4, -0.2) is 18.2 Å². The van der Waals surface area contributed by atoms with Crippen LogP contribution in [0.5, 0.6) is 11.5 Å². The Hall–Kier alpha value is -3.30. The molecule has 0 bridgehead atoms. The van der Waals surface area contributed by atoms with Gasteiger partial charge < -0.3 is 19.2 Å². The van der Waals surface area contributed by atoms with Crippen LogP contribution in [0.4, 0.5) is 13.6 Å². The molecule has 1 aliphatic rings. The number of urea groups is 1. The predicted molar refractivity (Wildman–Crippen MR) is 74.2 cm³/mol. The van der Waals surface area contributed by atoms with Gasteiger partial charge in [0.05, 0.1) is 12.8 Å². The zero-order valence-electron chi connectivity index (χ0n) is 12.0. The number of ether oxygens (including phenoxy) is 2. The van der Waals surface area contributed by atoms with Crippen LogP contribution in [0.3, 0.4) is 0 Å². The maximum atomic E-state index is 12.9. The summed E-state index contributed by atoms with van der Waals surface area (Å²) in [6, 6.07) is 6.16. The molecule has 0 spiro atoms. The van der Waals surface area contributed by atoms with Gasteiger partial charge in [0, 0.05) is 5.56 Å². The molecule has 0 fully saturated rings. The van der Waals surface area contributed by atoms with Gasteiger partial charge in [-0.05, 0) is 30.3 Å². The van der Waals surface area contributed by atoms with Gasteiger partial charge in [-0.1, -0.05) is 0 Å². The Kier molecular flexibility index (Phi) is 3.94. The molecule has 8 nitrogen and oxygen atoms in total. The number of rotatable bonds is 3. The molecule has 2 aromatic rings. The maximum Gasteiger partial charge on any atom is 0.586 e. The van der Waals surface area contributed by atoms with Gasteiger partial charge in [0.1, 0.15) is 5.76 Å². The fourth-order valence-electron chi connectivity index (χ4n) is 1.90. The first-order valence-corrected chi connectivity index (χ1v) is 6.69. The summed E-state index contributed by atoms with van der Waals surface area (Å²) in [6.07, 6.45) is -2.30. The number of halogens is 2. The summed E-state index contributed by atoms with van der Waals surface area (Å²) in [5.74, 6) is -0.631. The van der Waals surface area contributed by atoms with Gasteiger partial charge in [-0.2, -0.15) is 0 Å². The van der Waals surface area contributed by atoms with E-state index in [9.17, 15) is 18.4 Å². The number of nitrogens with one attached hydrogen (secondary N) is 3. The van der Waals surface area contributed by atoms with E-state index in [1.165, 1.54) is 18.4 Å². The second-order valence-corrected chi connectivity index (χ2v) is 4.67. The minimum atomic E-state index is -3.76. The van der Waals surface area contributed by atoms with E-state index >= 15 is 0 Å². The Morgan fingerprint density at radius 2 is 1.88 bits per heavy atom. The van der Waals surface area contributed by atoms with Crippen LogP contribution < -0.4 is 25.6 Å². The van der Waals surface area contributed by atoms with Crippen molar-refractivity contribution < 1.29 is 32.3 Å². The molecule has 10 heteroatoms. The molecule has 0 saturated heterocycles. The first-order chi connectivity index (χ1) is 11.4. The summed E-state index contributed by atoms with van der Waals surface area (Å²) in [5.41, 5.74) is 4.24. The number of hydrazine groups is 1. The normalized spacial score (nSPS) is 14.1. The highest BCUT2D eigenvalue weighted by atomic mass is 19.3. The number of hydrogen-bond acceptors (Lipinski definition) is 5. The molecule has 24 heavy (non-hydrogen) atoms. The highest BCUT2D eigenvalue weighted by Gasteiger charge is 2.43. The average Bonchev–Trinajstić information content (AvgIpc) is 3.15. The monoisotopic (exact) mass is 339 g/mol. The molecule has 2 heterocycles. The SMILES string of the molecule is O=C(NCc1ccco1)NNC(=O)c1ccc2c(c1)OC(F)(F)O2. The fourth-order valence-corrected chi connectivity index (χ4v) is 1.90. The van der Waals surface area contributed by atoms with Crippen LogP contribution in [0.1, 0.15) is 16.1 Å². The van der Waals surface area contributed by atoms with Crippen molar-refractivity contribution in [2.24, 2.45) is 0 Å². The minimum absolute atomic E-state index is 0.00128. The van der Waals surface area contributed by atoms with Crippen LogP contribution in [0.15, 0.2) is 41.0 Å². The first kappa shape index (κ1) is 15.6. The van der Waals surface area contributed by atoms with Gasteiger partial charge in [0.2, 0.25) is 0 Å². The molecule has 1 aliphatic heterocycles. The molecule has 3 N–H and O–H groups in total. The Morgan fingerprint density at radius 3 is 2.62 bits per heavy atom. The van der Waals surface area contributed by atoms with E-state index in [4.69, 9.17) is 4.42 Å². The van der Waals surface area contributed by atoms with Crippen molar-refractivity contribution in [3.05, 3.63) is 47.9 Å². The quantitative estimate of drug-likeness (QED) is 0.740. The van der Waals surface area contributed by atoms with Crippen LogP contribution >= 0.6 is 0 Å². The summed E-state index contributed by atoms with van der Waals surface area (Å²) in [5, 5.41) is 2.44. The molecule has 3 amide bonds. The van der Waals surface area contributed by atoms with Crippen molar-refractivity contribution in [2.45, 2.75) is 12.8 Å². The lowest BCUT2D eigenvalue weighted by atomic mass is 10.2. The number of carbonyl (C=O) groups is 2. The third kappa shape index (κ3) is 3.54. The molecule has 0 atom stereocenters. The zero-order chi connectivity index (χ0) is 17.2. The zero-order valence-corrected chi connectivity index (χ0v) is 12.0. The summed E-state index contributed by atoms with van der Waals surface area (Å²) < 4.78 is 39.3. The summed E-state index contributed by atoms with van der Waals surface area (Å²) in [7, 11) is 0. The van der Waals surface area contributed by atoms with Gasteiger partial charge in [0.15, 0.2) is 11.5 Å². The summed E-state index contributed by atoms with van der Waals surface area (Å²) >= 11 is 0. The van der Waals surface area contributed by atoms with E-state index in [0.717, 1.165) is 6.07 Å². The number of hydrogen-bond donors (Lipinski definition) is 3. The van der Waals surface area contributed by atoms with E-state index in [-0.39, 0.29) is 23.6 Å². The second-order valence-electron chi connectivity index (χ2n) is 4.67. The highest BCUT2D eigenvalue weighted by Crippen LogP contribution is 2.41. The molecule has 1 aromatic carbocycles. The average molecular weight is 339 g/mol. The van der Waals surface area contributed by atoms with E-state index in [2.05, 4.69) is 25.6 Å². The van der Waals surface area contributed by atoms with Gasteiger partial charge in [-0.25, -0.2) is 10.2 Å². The van der Waals surface area contributed by atoms with Crippen molar-refractivity contribution in [3.63, 3.8) is 0 Å². The van der Waals surface area contributed by atoms with Crippen LogP contribution in [0.2, 0.25) is 0 Å². The third-order valence-corrected chi connectivity index (χ3v) is 2.96. The largest absolute Gasteiger partial charge is 0.586 e. The Balaban J connectivity index is 1.51. The van der Waals surface area contributed by atoms with Gasteiger partial charge in [-0.15, -0.1) is 8.78 Å². The molecule has 126 valence electrons. The first-order valence-electron chi connectivity index (χ1n) is 6.69. The number of fused-ring (bicyclic) bond motifs is 1. The molecule has 0 aliphatic carbocycles. The lowest BCUT2D eigenvalue weighted by Gasteiger charge is -2.08. The minimum Gasteiger partial charge on any atom is -0.467 e. The standard InChI is InChI=1S/C14H11F2N3O5/c15-14(16)23-10-4-3-8(6-11(10)24-14)12(20)18-19-13(21)17-7-9-2-1-5-22-9/h1-6H,7H2,(H,18,20)(H2,17,19,21). The number of benzene rings is 1. The molecular formula is C14H11F2N3O5. The topological polar surface area (TPSA) is 102 Å². The number of carbonyl (C=O) groups excluding carboxylic acids is 2. The van der Waals surface area contributed by atoms with E-state index in [1.807, 2.05) is 0 Å².